The molecule has 0 radical (unpaired) electrons. The second-order valence-corrected chi connectivity index (χ2v) is 5.82. The quantitative estimate of drug-likeness (QED) is 0.674. The first kappa shape index (κ1) is 15.9. The summed E-state index contributed by atoms with van der Waals surface area (Å²) < 4.78 is 32.1. The zero-order valence-electron chi connectivity index (χ0n) is 12.7. The number of anilines is 1. The maximum atomic E-state index is 13.5. The molecule has 0 aliphatic carbocycles. The Morgan fingerprint density at radius 2 is 2.09 bits per heavy atom. The minimum absolute atomic E-state index is 0.0555. The van der Waals surface area contributed by atoms with Gasteiger partial charge in [0, 0.05) is 11.5 Å². The average molecular weight is 308 g/mol. The van der Waals surface area contributed by atoms with E-state index in [2.05, 4.69) is 15.3 Å². The average Bonchev–Trinajstić information content (AvgIpc) is 2.89. The van der Waals surface area contributed by atoms with Gasteiger partial charge in [-0.3, -0.25) is 0 Å². The smallest absolute Gasteiger partial charge is 0.216 e. The van der Waals surface area contributed by atoms with Gasteiger partial charge in [0.25, 0.3) is 0 Å². The molecule has 0 saturated heterocycles. The Labute approximate surface area is 127 Å². The highest BCUT2D eigenvalue weighted by atomic mass is 19.1. The predicted octanol–water partition coefficient (Wildman–Crippen LogP) is 3.18. The number of aliphatic imine (C=N–C) groups is 1. The topological polar surface area (TPSA) is 76.4 Å². The van der Waals surface area contributed by atoms with Crippen molar-refractivity contribution >= 4 is 11.6 Å². The monoisotopic (exact) mass is 308 g/mol. The van der Waals surface area contributed by atoms with Crippen LogP contribution in [0.2, 0.25) is 0 Å². The molecule has 22 heavy (non-hydrogen) atoms. The highest BCUT2D eigenvalue weighted by molar-refractivity contribution is 5.92. The summed E-state index contributed by atoms with van der Waals surface area (Å²) in [6, 6.07) is 3.03. The number of hydrogen-bond acceptors (Lipinski definition) is 3. The van der Waals surface area contributed by atoms with Crippen LogP contribution in [0.15, 0.2) is 33.8 Å². The molecule has 2 rings (SSSR count). The first-order valence-corrected chi connectivity index (χ1v) is 6.73. The molecule has 5 nitrogen and oxygen atoms in total. The Kier molecular flexibility index (Phi) is 4.44. The van der Waals surface area contributed by atoms with Gasteiger partial charge < -0.3 is 15.5 Å². The lowest BCUT2D eigenvalue weighted by atomic mass is 9.94. The summed E-state index contributed by atoms with van der Waals surface area (Å²) in [6.07, 6.45) is 1.64. The predicted molar refractivity (Wildman–Crippen MR) is 80.5 cm³/mol. The van der Waals surface area contributed by atoms with Crippen molar-refractivity contribution in [2.75, 3.05) is 5.32 Å². The number of rotatable bonds is 3. The SMILES string of the molecule is CC(C)(C)c1cnc(CN=C(N)Nc2cc(F)ccc2F)o1. The van der Waals surface area contributed by atoms with Gasteiger partial charge in [0.1, 0.15) is 23.9 Å². The second-order valence-electron chi connectivity index (χ2n) is 5.82. The summed E-state index contributed by atoms with van der Waals surface area (Å²) >= 11 is 0. The van der Waals surface area contributed by atoms with E-state index >= 15 is 0 Å². The normalized spacial score (nSPS) is 12.5. The second kappa shape index (κ2) is 6.13. The molecule has 0 fully saturated rings. The highest BCUT2D eigenvalue weighted by Gasteiger charge is 2.18. The summed E-state index contributed by atoms with van der Waals surface area (Å²) in [5.41, 5.74) is 5.42. The van der Waals surface area contributed by atoms with Crippen molar-refractivity contribution in [3.8, 4) is 0 Å². The fourth-order valence-corrected chi connectivity index (χ4v) is 1.65. The summed E-state index contributed by atoms with van der Waals surface area (Å²) in [4.78, 5) is 8.10. The number of oxazole rings is 1. The van der Waals surface area contributed by atoms with Crippen molar-refractivity contribution in [2.24, 2.45) is 10.7 Å². The van der Waals surface area contributed by atoms with E-state index in [-0.39, 0.29) is 23.6 Å². The summed E-state index contributed by atoms with van der Waals surface area (Å²) in [5.74, 6) is -0.111. The summed E-state index contributed by atoms with van der Waals surface area (Å²) in [5, 5.41) is 2.50. The zero-order valence-corrected chi connectivity index (χ0v) is 12.7. The largest absolute Gasteiger partial charge is 0.443 e. The van der Waals surface area contributed by atoms with Gasteiger partial charge in [-0.05, 0) is 12.1 Å². The number of nitrogens with two attached hydrogens (primary N) is 1. The van der Waals surface area contributed by atoms with Crippen molar-refractivity contribution < 1.29 is 13.2 Å². The molecule has 0 saturated carbocycles. The van der Waals surface area contributed by atoms with Crippen LogP contribution in [-0.4, -0.2) is 10.9 Å². The van der Waals surface area contributed by atoms with Crippen LogP contribution in [0, 0.1) is 11.6 Å². The lowest BCUT2D eigenvalue weighted by Gasteiger charge is -2.12. The van der Waals surface area contributed by atoms with E-state index in [1.54, 1.807) is 6.20 Å². The number of nitrogens with one attached hydrogen (secondary N) is 1. The Morgan fingerprint density at radius 3 is 2.73 bits per heavy atom. The van der Waals surface area contributed by atoms with Gasteiger partial charge in [0.2, 0.25) is 5.89 Å². The van der Waals surface area contributed by atoms with E-state index in [0.29, 0.717) is 5.89 Å². The molecule has 2 aromatic rings. The third-order valence-electron chi connectivity index (χ3n) is 2.87. The number of nitrogens with zero attached hydrogens (tertiary/aromatic N) is 2. The third-order valence-corrected chi connectivity index (χ3v) is 2.87. The van der Waals surface area contributed by atoms with Gasteiger partial charge in [-0.2, -0.15) is 0 Å². The Balaban J connectivity index is 2.04. The van der Waals surface area contributed by atoms with Crippen LogP contribution in [0.25, 0.3) is 0 Å². The van der Waals surface area contributed by atoms with Crippen LogP contribution in [0.4, 0.5) is 14.5 Å². The fraction of sp³-hybridized carbons (Fsp3) is 0.333. The van der Waals surface area contributed by atoms with Crippen LogP contribution in [0.1, 0.15) is 32.4 Å². The number of halogens is 2. The Morgan fingerprint density at radius 1 is 1.36 bits per heavy atom. The molecule has 3 N–H and O–H groups in total. The lowest BCUT2D eigenvalue weighted by Crippen LogP contribution is -2.23. The molecule has 1 heterocycles. The minimum atomic E-state index is -0.620. The van der Waals surface area contributed by atoms with E-state index in [9.17, 15) is 8.78 Å². The van der Waals surface area contributed by atoms with E-state index in [4.69, 9.17) is 10.2 Å². The molecule has 0 atom stereocenters. The molecule has 0 spiro atoms. The van der Waals surface area contributed by atoms with E-state index in [0.717, 1.165) is 24.0 Å². The van der Waals surface area contributed by atoms with Crippen LogP contribution in [0.3, 0.4) is 0 Å². The number of benzene rings is 1. The van der Waals surface area contributed by atoms with Crippen molar-refractivity contribution in [1.29, 1.82) is 0 Å². The third kappa shape index (κ3) is 4.03. The Bertz CT molecular complexity index is 689. The molecule has 0 amide bonds. The van der Waals surface area contributed by atoms with Crippen molar-refractivity contribution in [3.05, 3.63) is 47.7 Å². The summed E-state index contributed by atoms with van der Waals surface area (Å²) in [6.45, 7) is 6.11. The van der Waals surface area contributed by atoms with E-state index in [1.807, 2.05) is 20.8 Å². The molecule has 1 aromatic heterocycles. The lowest BCUT2D eigenvalue weighted by molar-refractivity contribution is 0.383. The van der Waals surface area contributed by atoms with Crippen LogP contribution in [0.5, 0.6) is 0 Å². The van der Waals surface area contributed by atoms with Crippen molar-refractivity contribution in [2.45, 2.75) is 32.7 Å². The Hall–Kier alpha value is -2.44. The standard InChI is InChI=1S/C15H18F2N4O/c1-15(2,3)12-7-19-13(22-12)8-20-14(18)21-11-6-9(16)4-5-10(11)17/h4-7H,8H2,1-3H3,(H3,18,20,21). The molecule has 118 valence electrons. The van der Waals surface area contributed by atoms with E-state index in [1.165, 1.54) is 0 Å². The summed E-state index contributed by atoms with van der Waals surface area (Å²) in [7, 11) is 0. The van der Waals surface area contributed by atoms with Gasteiger partial charge in [-0.1, -0.05) is 20.8 Å². The van der Waals surface area contributed by atoms with Crippen LogP contribution in [-0.2, 0) is 12.0 Å². The maximum Gasteiger partial charge on any atom is 0.216 e. The minimum Gasteiger partial charge on any atom is -0.443 e. The van der Waals surface area contributed by atoms with Crippen LogP contribution < -0.4 is 11.1 Å². The van der Waals surface area contributed by atoms with Gasteiger partial charge in [0.15, 0.2) is 5.96 Å². The van der Waals surface area contributed by atoms with Crippen molar-refractivity contribution in [1.82, 2.24) is 4.98 Å². The van der Waals surface area contributed by atoms with E-state index < -0.39 is 11.6 Å². The van der Waals surface area contributed by atoms with Crippen LogP contribution >= 0.6 is 0 Å². The van der Waals surface area contributed by atoms with Gasteiger partial charge in [0.05, 0.1) is 11.9 Å². The molecule has 0 aliphatic heterocycles. The molecule has 7 heteroatoms. The first-order valence-electron chi connectivity index (χ1n) is 6.73. The molecule has 0 unspecified atom stereocenters. The first-order chi connectivity index (χ1) is 10.3. The maximum absolute atomic E-state index is 13.5. The number of aromatic nitrogens is 1. The zero-order chi connectivity index (χ0) is 16.3. The number of hydrogen-bond donors (Lipinski definition) is 2. The fourth-order valence-electron chi connectivity index (χ4n) is 1.65. The molecular weight excluding hydrogens is 290 g/mol. The molecule has 0 bridgehead atoms. The van der Waals surface area contributed by atoms with Gasteiger partial charge >= 0.3 is 0 Å². The molecule has 0 aliphatic rings. The number of guanidine groups is 1. The van der Waals surface area contributed by atoms with Crippen molar-refractivity contribution in [3.63, 3.8) is 0 Å². The highest BCUT2D eigenvalue weighted by Crippen LogP contribution is 2.22. The van der Waals surface area contributed by atoms with Gasteiger partial charge in [-0.15, -0.1) is 0 Å². The molecule has 1 aromatic carbocycles. The van der Waals surface area contributed by atoms with Gasteiger partial charge in [-0.25, -0.2) is 18.8 Å². The molecular formula is C15H18F2N4O.